The lowest BCUT2D eigenvalue weighted by Crippen LogP contribution is -2.34. The molecular weight excluding hydrogens is 232 g/mol. The number of esters is 1. The Hall–Kier alpha value is -2.35. The van der Waals surface area contributed by atoms with E-state index >= 15 is 0 Å². The maximum absolute atomic E-state index is 11.6. The van der Waals surface area contributed by atoms with Crippen LogP contribution in [0.5, 0.6) is 0 Å². The van der Waals surface area contributed by atoms with Gasteiger partial charge in [0.1, 0.15) is 0 Å². The maximum atomic E-state index is 11.6. The summed E-state index contributed by atoms with van der Waals surface area (Å²) >= 11 is 0. The van der Waals surface area contributed by atoms with Crippen LogP contribution in [0.2, 0.25) is 0 Å². The number of ether oxygens (including phenoxy) is 1. The largest absolute Gasteiger partial charge is 0.459 e. The predicted octanol–water partition coefficient (Wildman–Crippen LogP) is 1.08. The van der Waals surface area contributed by atoms with Crippen LogP contribution in [0, 0.1) is 11.3 Å². The van der Waals surface area contributed by atoms with Gasteiger partial charge in [-0.2, -0.15) is 5.26 Å². The third-order valence-electron chi connectivity index (χ3n) is 2.27. The Kier molecular flexibility index (Phi) is 4.88. The third-order valence-corrected chi connectivity index (χ3v) is 2.27. The summed E-state index contributed by atoms with van der Waals surface area (Å²) in [7, 11) is 1.51. The molecule has 1 aromatic carbocycles. The highest BCUT2D eigenvalue weighted by Gasteiger charge is 2.19. The second kappa shape index (κ2) is 6.40. The quantitative estimate of drug-likeness (QED) is 0.591. The van der Waals surface area contributed by atoms with Gasteiger partial charge in [-0.1, -0.05) is 12.1 Å². The van der Waals surface area contributed by atoms with Gasteiger partial charge < -0.3 is 9.64 Å². The molecule has 0 aliphatic carbocycles. The van der Waals surface area contributed by atoms with Crippen LogP contribution in [-0.4, -0.2) is 30.4 Å². The van der Waals surface area contributed by atoms with Gasteiger partial charge in [0.2, 0.25) is 0 Å². The van der Waals surface area contributed by atoms with Gasteiger partial charge in [-0.3, -0.25) is 4.79 Å². The molecule has 0 bridgehead atoms. The van der Waals surface area contributed by atoms with Crippen molar-refractivity contribution in [3.8, 4) is 6.07 Å². The van der Waals surface area contributed by atoms with E-state index in [4.69, 9.17) is 5.26 Å². The summed E-state index contributed by atoms with van der Waals surface area (Å²) in [5, 5.41) is 8.76. The Bertz CT molecular complexity index is 491. The average molecular weight is 246 g/mol. The minimum absolute atomic E-state index is 0.169. The van der Waals surface area contributed by atoms with Crippen molar-refractivity contribution in [1.82, 2.24) is 4.90 Å². The second-order valence-electron chi connectivity index (χ2n) is 3.69. The molecule has 18 heavy (non-hydrogen) atoms. The van der Waals surface area contributed by atoms with Gasteiger partial charge in [-0.25, -0.2) is 4.79 Å². The molecule has 1 aromatic rings. The highest BCUT2D eigenvalue weighted by molar-refractivity contribution is 6.32. The zero-order chi connectivity index (χ0) is 13.5. The van der Waals surface area contributed by atoms with Crippen LogP contribution < -0.4 is 0 Å². The molecule has 5 heteroatoms. The summed E-state index contributed by atoms with van der Waals surface area (Å²) in [4.78, 5) is 24.1. The van der Waals surface area contributed by atoms with Crippen molar-refractivity contribution >= 4 is 11.9 Å². The number of benzene rings is 1. The van der Waals surface area contributed by atoms with Gasteiger partial charge in [0, 0.05) is 13.6 Å². The van der Waals surface area contributed by atoms with E-state index in [9.17, 15) is 9.59 Å². The van der Waals surface area contributed by atoms with E-state index in [1.165, 1.54) is 11.9 Å². The maximum Gasteiger partial charge on any atom is 0.397 e. The fourth-order valence-electron chi connectivity index (χ4n) is 1.43. The minimum Gasteiger partial charge on any atom is -0.459 e. The molecule has 0 fully saturated rings. The molecule has 0 saturated carbocycles. The third kappa shape index (κ3) is 3.59. The van der Waals surface area contributed by atoms with Crippen molar-refractivity contribution in [3.63, 3.8) is 0 Å². The highest BCUT2D eigenvalue weighted by atomic mass is 16.5. The monoisotopic (exact) mass is 246 g/mol. The molecular formula is C13H14N2O3. The smallest absolute Gasteiger partial charge is 0.397 e. The highest BCUT2D eigenvalue weighted by Crippen LogP contribution is 2.07. The number of likely N-dealkylation sites (N-methyl/N-ethyl adjacent to an activating group) is 1. The first-order valence-electron chi connectivity index (χ1n) is 5.49. The van der Waals surface area contributed by atoms with Crippen molar-refractivity contribution in [3.05, 3.63) is 35.4 Å². The van der Waals surface area contributed by atoms with E-state index in [1.54, 1.807) is 31.2 Å². The van der Waals surface area contributed by atoms with Crippen LogP contribution in [0.25, 0.3) is 0 Å². The van der Waals surface area contributed by atoms with E-state index in [0.717, 1.165) is 5.56 Å². The lowest BCUT2D eigenvalue weighted by Gasteiger charge is -2.15. The Morgan fingerprint density at radius 1 is 1.44 bits per heavy atom. The van der Waals surface area contributed by atoms with Crippen molar-refractivity contribution in [2.45, 2.75) is 13.5 Å². The number of carbonyl (C=O) groups excluding carboxylic acids is 2. The van der Waals surface area contributed by atoms with E-state index < -0.39 is 11.9 Å². The van der Waals surface area contributed by atoms with E-state index in [2.05, 4.69) is 4.74 Å². The molecule has 0 atom stereocenters. The Morgan fingerprint density at radius 2 is 2.17 bits per heavy atom. The molecule has 0 unspecified atom stereocenters. The van der Waals surface area contributed by atoms with Crippen LogP contribution in [0.15, 0.2) is 24.3 Å². The summed E-state index contributed by atoms with van der Waals surface area (Å²) < 4.78 is 4.62. The normalized spacial score (nSPS) is 9.39. The fourth-order valence-corrected chi connectivity index (χ4v) is 1.43. The lowest BCUT2D eigenvalue weighted by atomic mass is 10.1. The number of hydrogen-bond acceptors (Lipinski definition) is 4. The Balaban J connectivity index is 2.69. The van der Waals surface area contributed by atoms with Crippen LogP contribution in [0.4, 0.5) is 0 Å². The van der Waals surface area contributed by atoms with E-state index in [-0.39, 0.29) is 13.2 Å². The van der Waals surface area contributed by atoms with Crippen molar-refractivity contribution in [1.29, 1.82) is 5.26 Å². The molecule has 0 saturated heterocycles. The van der Waals surface area contributed by atoms with Crippen molar-refractivity contribution < 1.29 is 14.3 Å². The summed E-state index contributed by atoms with van der Waals surface area (Å²) in [5.74, 6) is -1.56. The molecule has 0 heterocycles. The molecule has 0 aliphatic heterocycles. The molecule has 94 valence electrons. The predicted molar refractivity (Wildman–Crippen MR) is 64.3 cm³/mol. The number of carbonyl (C=O) groups is 2. The molecule has 0 radical (unpaired) electrons. The molecule has 1 amide bonds. The molecule has 0 aliphatic rings. The van der Waals surface area contributed by atoms with E-state index in [1.807, 2.05) is 6.07 Å². The molecule has 0 aromatic heterocycles. The first kappa shape index (κ1) is 13.7. The fraction of sp³-hybridized carbons (Fsp3) is 0.308. The Morgan fingerprint density at radius 3 is 2.78 bits per heavy atom. The van der Waals surface area contributed by atoms with Crippen molar-refractivity contribution in [2.75, 3.05) is 13.7 Å². The number of hydrogen-bond donors (Lipinski definition) is 0. The van der Waals surface area contributed by atoms with Gasteiger partial charge in [-0.05, 0) is 24.6 Å². The first-order chi connectivity index (χ1) is 8.58. The summed E-state index contributed by atoms with van der Waals surface area (Å²) in [5.41, 5.74) is 1.30. The van der Waals surface area contributed by atoms with Crippen LogP contribution in [0.3, 0.4) is 0 Å². The zero-order valence-electron chi connectivity index (χ0n) is 10.3. The topological polar surface area (TPSA) is 70.4 Å². The molecule has 1 rings (SSSR count). The first-order valence-corrected chi connectivity index (χ1v) is 5.49. The van der Waals surface area contributed by atoms with Gasteiger partial charge in [0.05, 0.1) is 18.2 Å². The standard InChI is InChI=1S/C13H14N2O3/c1-3-18-13(17)12(16)15(2)9-11-6-4-5-10(7-11)8-14/h4-7H,3,9H2,1-2H3. The van der Waals surface area contributed by atoms with Gasteiger partial charge in [0.15, 0.2) is 0 Å². The number of nitrogens with zero attached hydrogens (tertiary/aromatic N) is 2. The van der Waals surface area contributed by atoms with Crippen molar-refractivity contribution in [2.24, 2.45) is 0 Å². The van der Waals surface area contributed by atoms with Crippen LogP contribution >= 0.6 is 0 Å². The minimum atomic E-state index is -0.864. The molecule has 0 N–H and O–H groups in total. The van der Waals surface area contributed by atoms with Crippen LogP contribution in [0.1, 0.15) is 18.1 Å². The summed E-state index contributed by atoms with van der Waals surface area (Å²) in [6, 6.07) is 8.89. The summed E-state index contributed by atoms with van der Waals surface area (Å²) in [6.07, 6.45) is 0. The number of nitriles is 1. The lowest BCUT2D eigenvalue weighted by molar-refractivity contribution is -0.159. The number of amides is 1. The molecule has 5 nitrogen and oxygen atoms in total. The van der Waals surface area contributed by atoms with Crippen LogP contribution in [-0.2, 0) is 20.9 Å². The SMILES string of the molecule is CCOC(=O)C(=O)N(C)Cc1cccc(C#N)c1. The molecule has 0 spiro atoms. The number of rotatable bonds is 3. The van der Waals surface area contributed by atoms with Gasteiger partial charge in [0.25, 0.3) is 0 Å². The zero-order valence-corrected chi connectivity index (χ0v) is 10.3. The summed E-state index contributed by atoms with van der Waals surface area (Å²) in [6.45, 7) is 2.07. The van der Waals surface area contributed by atoms with Gasteiger partial charge >= 0.3 is 11.9 Å². The Labute approximate surface area is 106 Å². The second-order valence-corrected chi connectivity index (χ2v) is 3.69. The van der Waals surface area contributed by atoms with E-state index in [0.29, 0.717) is 5.56 Å². The van der Waals surface area contributed by atoms with Gasteiger partial charge in [-0.15, -0.1) is 0 Å². The average Bonchev–Trinajstić information content (AvgIpc) is 2.38.